The second-order valence-electron chi connectivity index (χ2n) is 3.85. The highest BCUT2D eigenvalue weighted by molar-refractivity contribution is 5.42. The molecular formula is C13H20N2O2. The topological polar surface area (TPSA) is 45.6 Å². The monoisotopic (exact) mass is 236 g/mol. The number of hydrogen-bond donors (Lipinski definition) is 1. The van der Waals surface area contributed by atoms with Crippen LogP contribution >= 0.6 is 0 Å². The summed E-state index contributed by atoms with van der Waals surface area (Å²) in [5, 5.41) is 9.54. The molecule has 0 bridgehead atoms. The fourth-order valence-corrected chi connectivity index (χ4v) is 1.52. The molecule has 0 radical (unpaired) electrons. The van der Waals surface area contributed by atoms with Gasteiger partial charge in [-0.1, -0.05) is 6.08 Å². The Morgan fingerprint density at radius 2 is 2.41 bits per heavy atom. The maximum atomic E-state index is 9.54. The first-order valence-electron chi connectivity index (χ1n) is 5.67. The van der Waals surface area contributed by atoms with Gasteiger partial charge in [-0.25, -0.2) is 4.98 Å². The number of methoxy groups -OCH3 is 1. The summed E-state index contributed by atoms with van der Waals surface area (Å²) in [6, 6.07) is 3.71. The number of rotatable bonds is 7. The Labute approximate surface area is 103 Å². The van der Waals surface area contributed by atoms with Crippen LogP contribution in [0.25, 0.3) is 0 Å². The standard InChI is InChI=1S/C13H20N2O2/c1-4-7-15(8-9-17-3)13-10-12(11(2)16)5-6-14-13/h4-6,10-11,16H,1,7-9H2,2-3H3/t11-/m0/s1. The third-order valence-electron chi connectivity index (χ3n) is 2.49. The number of nitrogens with zero attached hydrogens (tertiary/aromatic N) is 2. The lowest BCUT2D eigenvalue weighted by Gasteiger charge is -2.22. The van der Waals surface area contributed by atoms with E-state index in [0.29, 0.717) is 13.2 Å². The van der Waals surface area contributed by atoms with Crippen molar-refractivity contribution in [1.29, 1.82) is 0 Å². The van der Waals surface area contributed by atoms with Crippen LogP contribution < -0.4 is 4.90 Å². The Morgan fingerprint density at radius 1 is 1.65 bits per heavy atom. The molecule has 0 amide bonds. The zero-order valence-corrected chi connectivity index (χ0v) is 10.5. The second-order valence-corrected chi connectivity index (χ2v) is 3.85. The van der Waals surface area contributed by atoms with Crippen LogP contribution in [0.3, 0.4) is 0 Å². The van der Waals surface area contributed by atoms with Gasteiger partial charge in [-0.3, -0.25) is 0 Å². The normalized spacial score (nSPS) is 12.2. The Morgan fingerprint density at radius 3 is 3.00 bits per heavy atom. The number of aromatic nitrogens is 1. The third-order valence-corrected chi connectivity index (χ3v) is 2.49. The Balaban J connectivity index is 2.84. The summed E-state index contributed by atoms with van der Waals surface area (Å²) in [4.78, 5) is 6.36. The average Bonchev–Trinajstić information content (AvgIpc) is 2.34. The fourth-order valence-electron chi connectivity index (χ4n) is 1.52. The Kier molecular flexibility index (Phi) is 5.66. The summed E-state index contributed by atoms with van der Waals surface area (Å²) in [5.41, 5.74) is 0.862. The minimum atomic E-state index is -0.482. The van der Waals surface area contributed by atoms with Gasteiger partial charge in [-0.2, -0.15) is 0 Å². The van der Waals surface area contributed by atoms with Gasteiger partial charge < -0.3 is 14.7 Å². The van der Waals surface area contributed by atoms with Gasteiger partial charge >= 0.3 is 0 Å². The van der Waals surface area contributed by atoms with E-state index >= 15 is 0 Å². The molecule has 0 saturated heterocycles. The van der Waals surface area contributed by atoms with Crippen molar-refractivity contribution in [3.05, 3.63) is 36.5 Å². The van der Waals surface area contributed by atoms with Crippen molar-refractivity contribution in [3.8, 4) is 0 Å². The maximum Gasteiger partial charge on any atom is 0.129 e. The number of hydrogen-bond acceptors (Lipinski definition) is 4. The largest absolute Gasteiger partial charge is 0.389 e. The number of aliphatic hydroxyl groups excluding tert-OH is 1. The first-order chi connectivity index (χ1) is 8.19. The molecule has 4 nitrogen and oxygen atoms in total. The SMILES string of the molecule is C=CCN(CCOC)c1cc([C@H](C)O)ccn1. The van der Waals surface area contributed by atoms with Crippen LogP contribution in [0.1, 0.15) is 18.6 Å². The fraction of sp³-hybridized carbons (Fsp3) is 0.462. The van der Waals surface area contributed by atoms with E-state index in [1.54, 1.807) is 20.2 Å². The van der Waals surface area contributed by atoms with Crippen LogP contribution in [-0.2, 0) is 4.74 Å². The van der Waals surface area contributed by atoms with Gasteiger partial charge in [0.05, 0.1) is 12.7 Å². The quantitative estimate of drug-likeness (QED) is 0.733. The van der Waals surface area contributed by atoms with E-state index in [9.17, 15) is 5.11 Å². The highest BCUT2D eigenvalue weighted by Crippen LogP contribution is 2.17. The van der Waals surface area contributed by atoms with Gasteiger partial charge in [0.25, 0.3) is 0 Å². The van der Waals surface area contributed by atoms with Gasteiger partial charge in [-0.15, -0.1) is 6.58 Å². The molecule has 0 saturated carbocycles. The van der Waals surface area contributed by atoms with Crippen molar-refractivity contribution in [2.75, 3.05) is 31.7 Å². The summed E-state index contributed by atoms with van der Waals surface area (Å²) in [6.45, 7) is 7.56. The number of anilines is 1. The first kappa shape index (κ1) is 13.7. The minimum Gasteiger partial charge on any atom is -0.389 e. The molecular weight excluding hydrogens is 216 g/mol. The molecule has 1 aromatic rings. The Bertz CT molecular complexity index is 353. The maximum absolute atomic E-state index is 9.54. The van der Waals surface area contributed by atoms with Crippen LogP contribution in [0.15, 0.2) is 31.0 Å². The van der Waals surface area contributed by atoms with Crippen molar-refractivity contribution in [1.82, 2.24) is 4.98 Å². The lowest BCUT2D eigenvalue weighted by Crippen LogP contribution is -2.28. The summed E-state index contributed by atoms with van der Waals surface area (Å²) < 4.78 is 5.06. The number of aliphatic hydroxyl groups is 1. The van der Waals surface area contributed by atoms with Gasteiger partial charge in [0, 0.05) is 26.4 Å². The molecule has 4 heteroatoms. The van der Waals surface area contributed by atoms with E-state index in [-0.39, 0.29) is 0 Å². The van der Waals surface area contributed by atoms with Crippen LogP contribution in [-0.4, -0.2) is 36.9 Å². The molecule has 1 atom stereocenters. The van der Waals surface area contributed by atoms with Crippen molar-refractivity contribution < 1.29 is 9.84 Å². The van der Waals surface area contributed by atoms with E-state index in [4.69, 9.17) is 4.74 Å². The zero-order chi connectivity index (χ0) is 12.7. The zero-order valence-electron chi connectivity index (χ0n) is 10.5. The van der Waals surface area contributed by atoms with Crippen molar-refractivity contribution in [2.45, 2.75) is 13.0 Å². The van der Waals surface area contributed by atoms with Gasteiger partial charge in [0.1, 0.15) is 5.82 Å². The van der Waals surface area contributed by atoms with E-state index in [1.165, 1.54) is 0 Å². The molecule has 17 heavy (non-hydrogen) atoms. The summed E-state index contributed by atoms with van der Waals surface area (Å²) in [7, 11) is 1.67. The van der Waals surface area contributed by atoms with Gasteiger partial charge in [0.2, 0.25) is 0 Å². The molecule has 1 rings (SSSR count). The molecule has 0 unspecified atom stereocenters. The van der Waals surface area contributed by atoms with E-state index < -0.39 is 6.10 Å². The summed E-state index contributed by atoms with van der Waals surface area (Å²) >= 11 is 0. The second kappa shape index (κ2) is 7.04. The van der Waals surface area contributed by atoms with Crippen LogP contribution in [0.2, 0.25) is 0 Å². The van der Waals surface area contributed by atoms with Crippen molar-refractivity contribution >= 4 is 5.82 Å². The Hall–Kier alpha value is -1.39. The van der Waals surface area contributed by atoms with Crippen LogP contribution in [0.4, 0.5) is 5.82 Å². The minimum absolute atomic E-state index is 0.482. The lowest BCUT2D eigenvalue weighted by atomic mass is 10.1. The van der Waals surface area contributed by atoms with E-state index in [1.807, 2.05) is 18.2 Å². The van der Waals surface area contributed by atoms with Crippen molar-refractivity contribution in [2.24, 2.45) is 0 Å². The van der Waals surface area contributed by atoms with E-state index in [0.717, 1.165) is 17.9 Å². The highest BCUT2D eigenvalue weighted by Gasteiger charge is 2.08. The van der Waals surface area contributed by atoms with Gasteiger partial charge in [-0.05, 0) is 24.6 Å². The van der Waals surface area contributed by atoms with E-state index in [2.05, 4.69) is 16.5 Å². The first-order valence-corrected chi connectivity index (χ1v) is 5.67. The highest BCUT2D eigenvalue weighted by atomic mass is 16.5. The third kappa shape index (κ3) is 4.17. The van der Waals surface area contributed by atoms with Crippen LogP contribution in [0, 0.1) is 0 Å². The molecule has 94 valence electrons. The molecule has 0 aliphatic carbocycles. The molecule has 1 N–H and O–H groups in total. The lowest BCUT2D eigenvalue weighted by molar-refractivity contribution is 0.199. The van der Waals surface area contributed by atoms with Crippen LogP contribution in [0.5, 0.6) is 0 Å². The summed E-state index contributed by atoms with van der Waals surface area (Å²) in [6.07, 6.45) is 3.05. The smallest absolute Gasteiger partial charge is 0.129 e. The van der Waals surface area contributed by atoms with Crippen molar-refractivity contribution in [3.63, 3.8) is 0 Å². The molecule has 1 heterocycles. The predicted molar refractivity (Wildman–Crippen MR) is 69.2 cm³/mol. The number of ether oxygens (including phenoxy) is 1. The summed E-state index contributed by atoms with van der Waals surface area (Å²) in [5.74, 6) is 0.834. The molecule has 0 fully saturated rings. The number of pyridine rings is 1. The molecule has 0 aliphatic rings. The predicted octanol–water partition coefficient (Wildman–Crippen LogP) is 1.77. The molecule has 0 aliphatic heterocycles. The van der Waals surface area contributed by atoms with Gasteiger partial charge in [0.15, 0.2) is 0 Å². The molecule has 0 aromatic carbocycles. The average molecular weight is 236 g/mol. The molecule has 1 aromatic heterocycles. The molecule has 0 spiro atoms.